The van der Waals surface area contributed by atoms with Crippen molar-refractivity contribution in [3.63, 3.8) is 0 Å². The molecule has 0 spiro atoms. The van der Waals surface area contributed by atoms with Crippen molar-refractivity contribution in [1.82, 2.24) is 25.4 Å². The van der Waals surface area contributed by atoms with Crippen LogP contribution in [0.2, 0.25) is 0 Å². The molecule has 7 atom stereocenters. The fourth-order valence-electron chi connectivity index (χ4n) is 6.86. The van der Waals surface area contributed by atoms with E-state index in [2.05, 4.69) is 15.6 Å². The first kappa shape index (κ1) is 42.6. The molecule has 0 bridgehead atoms. The average Bonchev–Trinajstić information content (AvgIpc) is 3.74. The van der Waals surface area contributed by atoms with Crippen LogP contribution in [0.1, 0.15) is 108 Å². The first-order valence-electron chi connectivity index (χ1n) is 18.4. The zero-order valence-corrected chi connectivity index (χ0v) is 33.4. The van der Waals surface area contributed by atoms with Gasteiger partial charge in [0.25, 0.3) is 5.91 Å². The van der Waals surface area contributed by atoms with E-state index in [1.807, 2.05) is 76.9 Å². The van der Waals surface area contributed by atoms with Gasteiger partial charge in [0.1, 0.15) is 16.7 Å². The van der Waals surface area contributed by atoms with Gasteiger partial charge in [-0.15, -0.1) is 11.3 Å². The lowest BCUT2D eigenvalue weighted by atomic mass is 9.91. The molecule has 1 aromatic heterocycles. The van der Waals surface area contributed by atoms with Crippen molar-refractivity contribution in [2.24, 2.45) is 17.8 Å². The molecule has 13 heteroatoms. The Morgan fingerprint density at radius 1 is 1.06 bits per heavy atom. The Morgan fingerprint density at radius 3 is 2.29 bits per heavy atom. The quantitative estimate of drug-likeness (QED) is 0.198. The Labute approximate surface area is 313 Å². The van der Waals surface area contributed by atoms with Crippen LogP contribution in [0.4, 0.5) is 0 Å². The molecular formula is C39H59N5O7S. The van der Waals surface area contributed by atoms with Crippen molar-refractivity contribution in [3.8, 4) is 0 Å². The normalized spacial score (nSPS) is 19.5. The summed E-state index contributed by atoms with van der Waals surface area (Å²) < 4.78 is 10.7. The van der Waals surface area contributed by atoms with Crippen LogP contribution in [-0.4, -0.2) is 95.9 Å². The Kier molecular flexibility index (Phi) is 15.8. The number of carbonyl (C=O) groups excluding carboxylic acids is 5. The average molecular weight is 742 g/mol. The molecule has 2 N–H and O–H groups in total. The molecule has 1 fully saturated rings. The number of nitrogens with one attached hydrogen (secondary N) is 2. The highest BCUT2D eigenvalue weighted by Crippen LogP contribution is 2.32. The van der Waals surface area contributed by atoms with Crippen molar-refractivity contribution in [1.29, 1.82) is 0 Å². The number of amides is 3. The standard InChI is InChI=1S/C39H59N5O7S/c1-11-25(4)33(42-38(49)39(7)18-15-19-43(39)8)36(47)44(9)31(24(2)3)22-32(51-27(6)45)35-41-30(23-52-35)34(46)40-29(20-26(5)37(48)50-10)21-28-16-13-12-14-17-28/h12-14,16-17,23-26,29,31-33H,11,15,18-22H2,1-10H3,(H,40,46)(H,42,49)/t25-,26-,29+,31+,32+,33-,39+/m0/s1. The van der Waals surface area contributed by atoms with Gasteiger partial charge < -0.3 is 25.0 Å². The summed E-state index contributed by atoms with van der Waals surface area (Å²) >= 11 is 1.20. The highest BCUT2D eigenvalue weighted by atomic mass is 32.1. The van der Waals surface area contributed by atoms with E-state index < -0.39 is 35.5 Å². The van der Waals surface area contributed by atoms with Crippen LogP contribution in [0.15, 0.2) is 35.7 Å². The molecule has 1 aromatic carbocycles. The van der Waals surface area contributed by atoms with Gasteiger partial charge in [0.05, 0.1) is 18.6 Å². The van der Waals surface area contributed by atoms with Crippen LogP contribution in [0.3, 0.4) is 0 Å². The molecule has 0 aliphatic carbocycles. The van der Waals surface area contributed by atoms with Crippen LogP contribution in [0.25, 0.3) is 0 Å². The predicted octanol–water partition coefficient (Wildman–Crippen LogP) is 5.18. The van der Waals surface area contributed by atoms with Gasteiger partial charge in [-0.05, 0) is 63.6 Å². The highest BCUT2D eigenvalue weighted by molar-refractivity contribution is 7.09. The van der Waals surface area contributed by atoms with E-state index in [1.165, 1.54) is 25.4 Å². The van der Waals surface area contributed by atoms with Crippen LogP contribution >= 0.6 is 11.3 Å². The number of ether oxygens (including phenoxy) is 2. The number of aromatic nitrogens is 1. The fourth-order valence-corrected chi connectivity index (χ4v) is 7.70. The van der Waals surface area contributed by atoms with Gasteiger partial charge in [0.2, 0.25) is 11.8 Å². The summed E-state index contributed by atoms with van der Waals surface area (Å²) in [6.45, 7) is 13.8. The van der Waals surface area contributed by atoms with E-state index in [1.54, 1.807) is 24.3 Å². The van der Waals surface area contributed by atoms with Crippen molar-refractivity contribution in [2.45, 2.75) is 117 Å². The first-order valence-corrected chi connectivity index (χ1v) is 19.2. The zero-order valence-electron chi connectivity index (χ0n) is 32.6. The first-order chi connectivity index (χ1) is 24.5. The number of benzene rings is 1. The van der Waals surface area contributed by atoms with Gasteiger partial charge >= 0.3 is 11.9 Å². The minimum atomic E-state index is -0.825. The molecule has 2 heterocycles. The van der Waals surface area contributed by atoms with Crippen molar-refractivity contribution < 1.29 is 33.4 Å². The summed E-state index contributed by atoms with van der Waals surface area (Å²) in [5.74, 6) is -2.25. The number of thiazole rings is 1. The maximum Gasteiger partial charge on any atom is 0.308 e. The van der Waals surface area contributed by atoms with E-state index in [0.717, 1.165) is 24.9 Å². The summed E-state index contributed by atoms with van der Waals surface area (Å²) in [7, 11) is 5.01. The van der Waals surface area contributed by atoms with Crippen LogP contribution < -0.4 is 10.6 Å². The number of hydrogen-bond donors (Lipinski definition) is 2. The molecule has 288 valence electrons. The summed E-state index contributed by atoms with van der Waals surface area (Å²) in [5, 5.41) is 8.20. The second-order valence-corrected chi connectivity index (χ2v) is 15.7. The number of esters is 2. The fraction of sp³-hybridized carbons (Fsp3) is 0.641. The molecule has 1 saturated heterocycles. The van der Waals surface area contributed by atoms with E-state index in [0.29, 0.717) is 24.3 Å². The van der Waals surface area contributed by atoms with Gasteiger partial charge in [-0.3, -0.25) is 28.9 Å². The Hall–Kier alpha value is -3.84. The van der Waals surface area contributed by atoms with Crippen molar-refractivity contribution >= 4 is 41.0 Å². The largest absolute Gasteiger partial charge is 0.469 e. The molecule has 3 rings (SSSR count). The molecule has 2 aromatic rings. The molecule has 0 unspecified atom stereocenters. The van der Waals surface area contributed by atoms with Gasteiger partial charge in [0.15, 0.2) is 6.10 Å². The Morgan fingerprint density at radius 2 is 1.73 bits per heavy atom. The monoisotopic (exact) mass is 741 g/mol. The van der Waals surface area contributed by atoms with Gasteiger partial charge in [0, 0.05) is 37.9 Å². The summed E-state index contributed by atoms with van der Waals surface area (Å²) in [6.07, 6.45) is 2.61. The third-order valence-corrected chi connectivity index (χ3v) is 11.5. The van der Waals surface area contributed by atoms with E-state index in [9.17, 15) is 24.0 Å². The van der Waals surface area contributed by atoms with Crippen LogP contribution in [-0.2, 0) is 35.1 Å². The molecular weight excluding hydrogens is 683 g/mol. The second-order valence-electron chi connectivity index (χ2n) is 14.8. The van der Waals surface area contributed by atoms with Gasteiger partial charge in [-0.1, -0.05) is 71.4 Å². The van der Waals surface area contributed by atoms with Gasteiger partial charge in [-0.25, -0.2) is 4.98 Å². The third kappa shape index (κ3) is 11.1. The molecule has 12 nitrogen and oxygen atoms in total. The van der Waals surface area contributed by atoms with E-state index in [4.69, 9.17) is 9.47 Å². The number of hydrogen-bond acceptors (Lipinski definition) is 10. The number of methoxy groups -OCH3 is 1. The topological polar surface area (TPSA) is 147 Å². The predicted molar refractivity (Wildman–Crippen MR) is 201 cm³/mol. The van der Waals surface area contributed by atoms with Gasteiger partial charge in [-0.2, -0.15) is 0 Å². The lowest BCUT2D eigenvalue weighted by molar-refractivity contribution is -0.149. The van der Waals surface area contributed by atoms with E-state index >= 15 is 0 Å². The lowest BCUT2D eigenvalue weighted by Crippen LogP contribution is -2.60. The Bertz CT molecular complexity index is 1520. The minimum absolute atomic E-state index is 0.0444. The van der Waals surface area contributed by atoms with Crippen LogP contribution in [0.5, 0.6) is 0 Å². The SMILES string of the molecule is CC[C@H](C)[C@H](NC(=O)[C@@]1(C)CCCN1C)C(=O)N(C)[C@H](C[C@@H](OC(C)=O)c1nc(C(=O)N[C@@H](Cc2ccccc2)C[C@H](C)C(=O)OC)cs1)C(C)C. The molecule has 52 heavy (non-hydrogen) atoms. The highest BCUT2D eigenvalue weighted by Gasteiger charge is 2.44. The summed E-state index contributed by atoms with van der Waals surface area (Å²) in [4.78, 5) is 74.3. The lowest BCUT2D eigenvalue weighted by Gasteiger charge is -2.38. The zero-order chi connectivity index (χ0) is 38.7. The van der Waals surface area contributed by atoms with Crippen LogP contribution in [0, 0.1) is 17.8 Å². The molecule has 1 aliphatic rings. The van der Waals surface area contributed by atoms with E-state index in [-0.39, 0.29) is 53.8 Å². The number of likely N-dealkylation sites (N-methyl/N-ethyl adjacent to an activating group) is 2. The molecule has 1 aliphatic heterocycles. The number of likely N-dealkylation sites (tertiary alicyclic amines) is 1. The molecule has 3 amide bonds. The van der Waals surface area contributed by atoms with Crippen molar-refractivity contribution in [3.05, 3.63) is 52.0 Å². The maximum atomic E-state index is 14.2. The summed E-state index contributed by atoms with van der Waals surface area (Å²) in [5.41, 5.74) is 0.488. The maximum absolute atomic E-state index is 14.2. The van der Waals surface area contributed by atoms with Crippen molar-refractivity contribution in [2.75, 3.05) is 27.7 Å². The Balaban J connectivity index is 1.83. The minimum Gasteiger partial charge on any atom is -0.469 e. The number of carbonyl (C=O) groups is 5. The molecule has 0 radical (unpaired) electrons. The second kappa shape index (κ2) is 19.3. The summed E-state index contributed by atoms with van der Waals surface area (Å²) in [6, 6.07) is 8.19. The smallest absolute Gasteiger partial charge is 0.308 e. The third-order valence-electron chi connectivity index (χ3n) is 10.6. The number of nitrogens with zero attached hydrogens (tertiary/aromatic N) is 3. The number of rotatable bonds is 18. The molecule has 0 saturated carbocycles.